The van der Waals surface area contributed by atoms with Crippen LogP contribution in [0.5, 0.6) is 0 Å². The first kappa shape index (κ1) is 13.0. The Hall–Kier alpha value is -2.43. The average molecular weight is 269 g/mol. The smallest absolute Gasteiger partial charge is 0.163 e. The Bertz CT molecular complexity index is 714. The van der Waals surface area contributed by atoms with Gasteiger partial charge in [-0.15, -0.1) is 0 Å². The van der Waals surface area contributed by atoms with Gasteiger partial charge in [0.2, 0.25) is 0 Å². The molecule has 0 saturated carbocycles. The first-order valence-corrected chi connectivity index (χ1v) is 5.88. The van der Waals surface area contributed by atoms with Gasteiger partial charge >= 0.3 is 0 Å². The zero-order valence-electron chi connectivity index (χ0n) is 10.2. The minimum atomic E-state index is 0.504. The molecule has 0 bridgehead atoms. The highest BCUT2D eigenvalue weighted by molar-refractivity contribution is 7.78. The number of hydrogen-bond acceptors (Lipinski definition) is 6. The number of aliphatic imine (C=N–C) groups is 2. The number of rotatable bonds is 3. The van der Waals surface area contributed by atoms with Crippen molar-refractivity contribution in [2.75, 3.05) is 7.05 Å². The van der Waals surface area contributed by atoms with Crippen molar-refractivity contribution in [3.8, 4) is 0 Å². The summed E-state index contributed by atoms with van der Waals surface area (Å²) in [5.41, 5.74) is 8.68. The lowest BCUT2D eigenvalue weighted by molar-refractivity contribution is 1.30. The van der Waals surface area contributed by atoms with Crippen LogP contribution >= 0.6 is 12.2 Å². The molecule has 0 radical (unpaired) electrons. The van der Waals surface area contributed by atoms with Gasteiger partial charge in [0, 0.05) is 36.8 Å². The second-order valence-corrected chi connectivity index (χ2v) is 3.83. The summed E-state index contributed by atoms with van der Waals surface area (Å²) in [6, 6.07) is 5.45. The summed E-state index contributed by atoms with van der Waals surface area (Å²) < 4.78 is 0. The molecule has 94 valence electrons. The van der Waals surface area contributed by atoms with Crippen LogP contribution in [0, 0.1) is 0 Å². The number of nitrogens with two attached hydrogens (primary N) is 1. The van der Waals surface area contributed by atoms with Gasteiger partial charge in [0.05, 0.1) is 16.2 Å². The Kier molecular flexibility index (Phi) is 4.07. The first-order valence-electron chi connectivity index (χ1n) is 5.47. The Morgan fingerprint density at radius 3 is 2.95 bits per heavy atom. The molecule has 2 aromatic heterocycles. The molecule has 0 amide bonds. The predicted octanol–water partition coefficient (Wildman–Crippen LogP) is 2.36. The molecular weight excluding hydrogens is 258 g/mol. The van der Waals surface area contributed by atoms with E-state index in [1.165, 1.54) is 6.20 Å². The van der Waals surface area contributed by atoms with Crippen molar-refractivity contribution in [2.24, 2.45) is 15.7 Å². The third-order valence-corrected chi connectivity index (χ3v) is 2.56. The van der Waals surface area contributed by atoms with Crippen LogP contribution in [0.3, 0.4) is 0 Å². The fourth-order valence-electron chi connectivity index (χ4n) is 1.62. The van der Waals surface area contributed by atoms with Gasteiger partial charge in [-0.25, -0.2) is 4.98 Å². The maximum atomic E-state index is 5.57. The van der Waals surface area contributed by atoms with E-state index in [1.54, 1.807) is 25.5 Å². The topological polar surface area (TPSA) is 76.5 Å². The largest absolute Gasteiger partial charge is 0.404 e. The molecule has 0 atom stereocenters. The zero-order chi connectivity index (χ0) is 13.7. The monoisotopic (exact) mass is 269 g/mol. The first-order chi connectivity index (χ1) is 9.28. The third-order valence-electron chi connectivity index (χ3n) is 2.46. The number of isothiocyanates is 1. The summed E-state index contributed by atoms with van der Waals surface area (Å²) in [6.45, 7) is 0. The highest BCUT2D eigenvalue weighted by atomic mass is 32.1. The highest BCUT2D eigenvalue weighted by Gasteiger charge is 2.03. The van der Waals surface area contributed by atoms with E-state index in [9.17, 15) is 0 Å². The van der Waals surface area contributed by atoms with Crippen LogP contribution in [-0.4, -0.2) is 28.4 Å². The van der Waals surface area contributed by atoms with E-state index >= 15 is 0 Å². The fraction of sp³-hybridized carbons (Fsp3) is 0.0769. The number of nitrogens with zero attached hydrogens (tertiary/aromatic N) is 4. The van der Waals surface area contributed by atoms with Gasteiger partial charge in [-0.05, 0) is 30.4 Å². The lowest BCUT2D eigenvalue weighted by Crippen LogP contribution is -1.93. The van der Waals surface area contributed by atoms with Crippen molar-refractivity contribution in [3.05, 3.63) is 36.2 Å². The van der Waals surface area contributed by atoms with Crippen molar-refractivity contribution < 1.29 is 0 Å². The van der Waals surface area contributed by atoms with Gasteiger partial charge in [0.25, 0.3) is 0 Å². The number of pyridine rings is 2. The van der Waals surface area contributed by atoms with Crippen LogP contribution in [-0.2, 0) is 0 Å². The molecule has 0 aromatic carbocycles. The lowest BCUT2D eigenvalue weighted by atomic mass is 10.1. The van der Waals surface area contributed by atoms with E-state index in [-0.39, 0.29) is 0 Å². The molecule has 2 rings (SSSR count). The maximum absolute atomic E-state index is 5.57. The van der Waals surface area contributed by atoms with Gasteiger partial charge in [-0.2, -0.15) is 4.99 Å². The summed E-state index contributed by atoms with van der Waals surface area (Å²) in [6.07, 6.45) is 4.88. The minimum absolute atomic E-state index is 0.504. The number of allylic oxidation sites excluding steroid dienone is 1. The number of thiocarbonyl (C=S) groups is 1. The standard InChI is InChI=1S/C13H11N5S/c1-15-6-10(5-14)9-4-12-11(16-7-9)2-3-13(18-12)17-8-19/h2-7H,14H2,1H3. The van der Waals surface area contributed by atoms with E-state index < -0.39 is 0 Å². The van der Waals surface area contributed by atoms with E-state index in [2.05, 4.69) is 37.3 Å². The Labute approximate surface area is 115 Å². The van der Waals surface area contributed by atoms with Crippen molar-refractivity contribution in [2.45, 2.75) is 0 Å². The molecule has 2 heterocycles. The molecule has 0 aliphatic carbocycles. The van der Waals surface area contributed by atoms with Crippen LogP contribution < -0.4 is 5.73 Å². The van der Waals surface area contributed by atoms with Gasteiger partial charge in [-0.3, -0.25) is 9.98 Å². The van der Waals surface area contributed by atoms with E-state index in [0.717, 1.165) is 16.7 Å². The maximum Gasteiger partial charge on any atom is 0.163 e. The SMILES string of the molecule is CN=CC(=CN)c1cnc2ccc(N=C=S)nc2c1. The van der Waals surface area contributed by atoms with Crippen LogP contribution in [0.2, 0.25) is 0 Å². The summed E-state index contributed by atoms with van der Waals surface area (Å²) in [5.74, 6) is 0.504. The van der Waals surface area contributed by atoms with Gasteiger partial charge in [-0.1, -0.05) is 0 Å². The van der Waals surface area contributed by atoms with Crippen LogP contribution in [0.1, 0.15) is 5.56 Å². The molecule has 0 aliphatic heterocycles. The Morgan fingerprint density at radius 2 is 2.26 bits per heavy atom. The zero-order valence-corrected chi connectivity index (χ0v) is 11.1. The van der Waals surface area contributed by atoms with E-state index in [1.807, 2.05) is 12.1 Å². The van der Waals surface area contributed by atoms with Crippen LogP contribution in [0.4, 0.5) is 5.82 Å². The Balaban J connectivity index is 2.57. The second kappa shape index (κ2) is 5.95. The molecule has 0 unspecified atom stereocenters. The predicted molar refractivity (Wildman–Crippen MR) is 80.8 cm³/mol. The third kappa shape index (κ3) is 2.88. The molecule has 0 spiro atoms. The summed E-state index contributed by atoms with van der Waals surface area (Å²) >= 11 is 4.56. The molecule has 0 fully saturated rings. The van der Waals surface area contributed by atoms with Crippen LogP contribution in [0.25, 0.3) is 16.6 Å². The Morgan fingerprint density at radius 1 is 1.42 bits per heavy atom. The molecule has 0 saturated heterocycles. The summed E-state index contributed by atoms with van der Waals surface area (Å²) in [4.78, 5) is 16.5. The quantitative estimate of drug-likeness (QED) is 0.685. The molecule has 19 heavy (non-hydrogen) atoms. The number of hydrogen-bond donors (Lipinski definition) is 1. The molecule has 2 aromatic rings. The highest BCUT2D eigenvalue weighted by Crippen LogP contribution is 2.19. The van der Waals surface area contributed by atoms with E-state index in [0.29, 0.717) is 11.3 Å². The molecule has 5 nitrogen and oxygen atoms in total. The fourth-order valence-corrected chi connectivity index (χ4v) is 1.71. The number of aromatic nitrogens is 2. The minimum Gasteiger partial charge on any atom is -0.404 e. The van der Waals surface area contributed by atoms with Crippen molar-refractivity contribution in [1.29, 1.82) is 0 Å². The summed E-state index contributed by atoms with van der Waals surface area (Å²) in [7, 11) is 1.68. The van der Waals surface area contributed by atoms with Gasteiger partial charge in [0.15, 0.2) is 5.82 Å². The molecule has 0 aliphatic rings. The molecular formula is C13H11N5S. The number of fused-ring (bicyclic) bond motifs is 1. The molecule has 6 heteroatoms. The van der Waals surface area contributed by atoms with Gasteiger partial charge < -0.3 is 5.73 Å². The molecule has 2 N–H and O–H groups in total. The lowest BCUT2D eigenvalue weighted by Gasteiger charge is -2.03. The van der Waals surface area contributed by atoms with Crippen LogP contribution in [0.15, 0.2) is 40.6 Å². The summed E-state index contributed by atoms with van der Waals surface area (Å²) in [5, 5.41) is 2.29. The average Bonchev–Trinajstić information content (AvgIpc) is 2.44. The van der Waals surface area contributed by atoms with E-state index in [4.69, 9.17) is 5.73 Å². The van der Waals surface area contributed by atoms with Gasteiger partial charge in [0.1, 0.15) is 0 Å². The second-order valence-electron chi connectivity index (χ2n) is 3.64. The van der Waals surface area contributed by atoms with Crippen molar-refractivity contribution in [1.82, 2.24) is 9.97 Å². The normalized spacial score (nSPS) is 11.7. The van der Waals surface area contributed by atoms with Crippen molar-refractivity contribution >= 4 is 46.0 Å². The van der Waals surface area contributed by atoms with Crippen molar-refractivity contribution in [3.63, 3.8) is 0 Å².